The molecule has 2 aromatic rings. The van der Waals surface area contributed by atoms with E-state index in [1.54, 1.807) is 26.0 Å². The van der Waals surface area contributed by atoms with Gasteiger partial charge < -0.3 is 30.2 Å². The van der Waals surface area contributed by atoms with Crippen molar-refractivity contribution in [1.82, 2.24) is 20.2 Å². The number of carbonyl (C=O) groups excluding carboxylic acids is 4. The molecule has 244 valence electrons. The first-order chi connectivity index (χ1) is 21.7. The lowest BCUT2D eigenvalue weighted by atomic mass is 10.0. The Balaban J connectivity index is 0.000000215. The molecule has 11 nitrogen and oxygen atoms in total. The van der Waals surface area contributed by atoms with Gasteiger partial charge in [0.2, 0.25) is 0 Å². The maximum Gasteiger partial charge on any atom is 0.339 e. The summed E-state index contributed by atoms with van der Waals surface area (Å²) in [7, 11) is 0. The van der Waals surface area contributed by atoms with Crippen molar-refractivity contribution in [2.24, 2.45) is 11.7 Å². The highest BCUT2D eigenvalue weighted by Gasteiger charge is 2.41. The molecule has 0 saturated carbocycles. The maximum absolute atomic E-state index is 12.1. The Labute approximate surface area is 266 Å². The summed E-state index contributed by atoms with van der Waals surface area (Å²) in [5.41, 5.74) is 7.56. The van der Waals surface area contributed by atoms with Crippen LogP contribution in [0.4, 0.5) is 4.79 Å². The van der Waals surface area contributed by atoms with E-state index in [-0.39, 0.29) is 17.7 Å². The van der Waals surface area contributed by atoms with Crippen LogP contribution < -0.4 is 20.5 Å². The van der Waals surface area contributed by atoms with E-state index in [0.29, 0.717) is 30.6 Å². The zero-order chi connectivity index (χ0) is 32.2. The Hall–Kier alpha value is -3.80. The van der Waals surface area contributed by atoms with Crippen LogP contribution in [0.15, 0.2) is 48.5 Å². The molecule has 5 rings (SSSR count). The molecule has 0 unspecified atom stereocenters. The zero-order valence-electron chi connectivity index (χ0n) is 26.5. The minimum atomic E-state index is -0.440. The van der Waals surface area contributed by atoms with Gasteiger partial charge in [-0.25, -0.2) is 9.80 Å². The van der Waals surface area contributed by atoms with Crippen LogP contribution in [0.3, 0.4) is 0 Å². The number of urea groups is 1. The minimum Gasteiger partial charge on any atom is -0.494 e. The largest absolute Gasteiger partial charge is 0.494 e. The highest BCUT2D eigenvalue weighted by Crippen LogP contribution is 2.25. The van der Waals surface area contributed by atoms with Crippen molar-refractivity contribution in [3.63, 3.8) is 0 Å². The Morgan fingerprint density at radius 3 is 2.20 bits per heavy atom. The molecule has 3 saturated heterocycles. The summed E-state index contributed by atoms with van der Waals surface area (Å²) >= 11 is 0. The van der Waals surface area contributed by atoms with Crippen LogP contribution in [0.1, 0.15) is 61.9 Å². The number of ether oxygens (including phenoxy) is 2. The molecule has 0 radical (unpaired) electrons. The molecule has 0 aliphatic carbocycles. The standard InChI is InChI=1S/C19H25N3O4.C15H22N2O2/c1-13-18(24)22(19(25)20-13)21-10-9-15(12-21)4-3-11-26-17-7-5-16(6-8-17)14(2)23;16-14-6-9-17(12-14)8-1-11-19-15-4-2-13(3-5-15)7-10-18/h5-8,13,15H,3-4,9-12H2,1-2H3,(H,20,25);2-5,10,14H,1,6-9,11-12,16H2/t13-,15-;14-/m11/s1. The predicted molar refractivity (Wildman–Crippen MR) is 171 cm³/mol. The molecular formula is C34H47N5O6. The van der Waals surface area contributed by atoms with E-state index >= 15 is 0 Å². The van der Waals surface area contributed by atoms with Crippen LogP contribution >= 0.6 is 0 Å². The number of rotatable bonds is 14. The highest BCUT2D eigenvalue weighted by atomic mass is 16.5. The van der Waals surface area contributed by atoms with Gasteiger partial charge in [0.05, 0.1) is 13.2 Å². The van der Waals surface area contributed by atoms with Crippen molar-refractivity contribution in [3.05, 3.63) is 59.7 Å². The van der Waals surface area contributed by atoms with Gasteiger partial charge in [0.1, 0.15) is 23.8 Å². The third-order valence-electron chi connectivity index (χ3n) is 8.38. The first kappa shape index (κ1) is 34.1. The summed E-state index contributed by atoms with van der Waals surface area (Å²) < 4.78 is 11.4. The summed E-state index contributed by atoms with van der Waals surface area (Å²) in [5.74, 6) is 1.95. The van der Waals surface area contributed by atoms with Crippen LogP contribution in [0, 0.1) is 5.92 Å². The van der Waals surface area contributed by atoms with E-state index < -0.39 is 6.04 Å². The summed E-state index contributed by atoms with van der Waals surface area (Å²) in [6.45, 7) is 9.20. The smallest absolute Gasteiger partial charge is 0.339 e. The first-order valence-electron chi connectivity index (χ1n) is 16.0. The van der Waals surface area contributed by atoms with E-state index in [9.17, 15) is 19.2 Å². The summed E-state index contributed by atoms with van der Waals surface area (Å²) in [6.07, 6.45) is 6.37. The number of hydrazine groups is 1. The van der Waals surface area contributed by atoms with Gasteiger partial charge in [-0.05, 0) is 100 Å². The second kappa shape index (κ2) is 17.0. The van der Waals surface area contributed by atoms with Crippen molar-refractivity contribution in [2.45, 2.75) is 64.5 Å². The molecule has 3 aliphatic rings. The van der Waals surface area contributed by atoms with E-state index in [0.717, 1.165) is 94.8 Å². The van der Waals surface area contributed by atoms with Gasteiger partial charge in [0, 0.05) is 44.2 Å². The molecule has 3 fully saturated rings. The highest BCUT2D eigenvalue weighted by molar-refractivity contribution is 6.03. The number of nitrogens with two attached hydrogens (primary N) is 1. The lowest BCUT2D eigenvalue weighted by Gasteiger charge is -2.24. The Morgan fingerprint density at radius 2 is 1.62 bits per heavy atom. The number of nitrogens with one attached hydrogen (secondary N) is 1. The Morgan fingerprint density at radius 1 is 0.956 bits per heavy atom. The fraction of sp³-hybridized carbons (Fsp3) is 0.529. The van der Waals surface area contributed by atoms with Gasteiger partial charge in [-0.1, -0.05) is 12.1 Å². The average Bonchev–Trinajstić information content (AvgIpc) is 3.73. The Bertz CT molecular complexity index is 1270. The van der Waals surface area contributed by atoms with Crippen LogP contribution in [-0.2, 0) is 16.0 Å². The lowest BCUT2D eigenvalue weighted by Crippen LogP contribution is -2.45. The van der Waals surface area contributed by atoms with Crippen molar-refractivity contribution in [1.29, 1.82) is 0 Å². The number of hydrogen-bond acceptors (Lipinski definition) is 9. The molecular weight excluding hydrogens is 574 g/mol. The number of amides is 3. The molecule has 45 heavy (non-hydrogen) atoms. The molecule has 11 heteroatoms. The second-order valence-corrected chi connectivity index (χ2v) is 12.0. The molecule has 2 aromatic carbocycles. The van der Waals surface area contributed by atoms with Gasteiger partial charge in [-0.3, -0.25) is 9.59 Å². The van der Waals surface area contributed by atoms with Crippen LogP contribution in [-0.4, -0.2) is 96.9 Å². The van der Waals surface area contributed by atoms with Crippen LogP contribution in [0.2, 0.25) is 0 Å². The average molecular weight is 622 g/mol. The minimum absolute atomic E-state index is 0.0434. The third-order valence-corrected chi connectivity index (χ3v) is 8.38. The Kier molecular flexibility index (Phi) is 12.9. The lowest BCUT2D eigenvalue weighted by molar-refractivity contribution is -0.137. The van der Waals surface area contributed by atoms with E-state index in [1.165, 1.54) is 5.01 Å². The zero-order valence-corrected chi connectivity index (χ0v) is 26.5. The third kappa shape index (κ3) is 10.4. The molecule has 3 N–H and O–H groups in total. The van der Waals surface area contributed by atoms with Gasteiger partial charge in [-0.2, -0.15) is 5.01 Å². The fourth-order valence-corrected chi connectivity index (χ4v) is 5.80. The van der Waals surface area contributed by atoms with Crippen molar-refractivity contribution < 1.29 is 28.7 Å². The molecule has 3 heterocycles. The number of imide groups is 1. The predicted octanol–water partition coefficient (Wildman–Crippen LogP) is 3.46. The van der Waals surface area contributed by atoms with E-state index in [2.05, 4.69) is 10.2 Å². The van der Waals surface area contributed by atoms with Crippen molar-refractivity contribution in [2.75, 3.05) is 45.9 Å². The number of Topliss-reactive ketones (excluding diaryl/α,β-unsaturated/α-hetero) is 1. The van der Waals surface area contributed by atoms with Gasteiger partial charge in [0.25, 0.3) is 5.91 Å². The number of hydrogen-bond donors (Lipinski definition) is 2. The molecule has 0 bridgehead atoms. The van der Waals surface area contributed by atoms with E-state index in [4.69, 9.17) is 15.2 Å². The van der Waals surface area contributed by atoms with Gasteiger partial charge >= 0.3 is 6.03 Å². The topological polar surface area (TPSA) is 135 Å². The molecule has 3 amide bonds. The maximum atomic E-state index is 12.1. The summed E-state index contributed by atoms with van der Waals surface area (Å²) in [5, 5.41) is 5.76. The second-order valence-electron chi connectivity index (χ2n) is 12.0. The number of carbonyl (C=O) groups is 4. The number of ketones is 1. The number of likely N-dealkylation sites (tertiary alicyclic amines) is 1. The molecule has 3 aliphatic heterocycles. The van der Waals surface area contributed by atoms with Crippen molar-refractivity contribution >= 4 is 24.0 Å². The molecule has 0 aromatic heterocycles. The summed E-state index contributed by atoms with van der Waals surface area (Å²) in [6, 6.07) is 14.5. The van der Waals surface area contributed by atoms with Crippen LogP contribution in [0.5, 0.6) is 11.5 Å². The first-order valence-corrected chi connectivity index (χ1v) is 16.0. The monoisotopic (exact) mass is 621 g/mol. The fourth-order valence-electron chi connectivity index (χ4n) is 5.80. The van der Waals surface area contributed by atoms with Crippen molar-refractivity contribution in [3.8, 4) is 11.5 Å². The quantitative estimate of drug-likeness (QED) is 0.141. The molecule has 3 atom stereocenters. The van der Waals surface area contributed by atoms with E-state index in [1.807, 2.05) is 41.4 Å². The summed E-state index contributed by atoms with van der Waals surface area (Å²) in [4.78, 5) is 48.0. The number of aldehydes is 1. The van der Waals surface area contributed by atoms with Crippen LogP contribution in [0.25, 0.3) is 0 Å². The molecule has 0 spiro atoms. The van der Waals surface area contributed by atoms with Gasteiger partial charge in [-0.15, -0.1) is 0 Å². The number of nitrogens with zero attached hydrogens (tertiary/aromatic N) is 3. The van der Waals surface area contributed by atoms with Gasteiger partial charge in [0.15, 0.2) is 5.78 Å². The normalized spacial score (nSPS) is 21.8. The number of benzene rings is 2. The SMILES string of the molecule is CC(=O)c1ccc(OCCC[C@@H]2CCN(N3C(=O)N[C@H](C)C3=O)C2)cc1.N[C@@H]1CCN(CCCOc2ccc(CC=O)cc2)C1.